The molecule has 3 nitrogen and oxygen atoms in total. The number of ether oxygens (including phenoxy) is 1. The highest BCUT2D eigenvalue weighted by molar-refractivity contribution is 6.34. The molecule has 5 aromatic rings. The van der Waals surface area contributed by atoms with Crippen LogP contribution >= 0.6 is 11.6 Å². The Morgan fingerprint density at radius 1 is 0.742 bits per heavy atom. The van der Waals surface area contributed by atoms with Crippen molar-refractivity contribution < 1.29 is 4.74 Å². The summed E-state index contributed by atoms with van der Waals surface area (Å²) in [5, 5.41) is 0.668. The average Bonchev–Trinajstić information content (AvgIpc) is 3.17. The number of aromatic amines is 1. The number of nitrogens with zero attached hydrogens (tertiary/aromatic N) is 1. The van der Waals surface area contributed by atoms with Gasteiger partial charge in [0.2, 0.25) is 0 Å². The van der Waals surface area contributed by atoms with Crippen LogP contribution in [0.15, 0.2) is 84.9 Å². The van der Waals surface area contributed by atoms with Gasteiger partial charge in [0.25, 0.3) is 6.01 Å². The number of halogens is 1. The van der Waals surface area contributed by atoms with E-state index in [2.05, 4.69) is 60.2 Å². The van der Waals surface area contributed by atoms with Crippen molar-refractivity contribution in [3.8, 4) is 34.0 Å². The monoisotopic (exact) mass is 424 g/mol. The van der Waals surface area contributed by atoms with Gasteiger partial charge in [-0.1, -0.05) is 72.3 Å². The fourth-order valence-corrected chi connectivity index (χ4v) is 3.91. The smallest absolute Gasteiger partial charge is 0.300 e. The second kappa shape index (κ2) is 7.93. The number of fused-ring (bicyclic) bond motifs is 1. The van der Waals surface area contributed by atoms with Gasteiger partial charge in [0.15, 0.2) is 0 Å². The molecule has 0 atom stereocenters. The summed E-state index contributed by atoms with van der Waals surface area (Å²) in [5.74, 6) is 0.755. The number of rotatable bonds is 4. The molecule has 0 saturated heterocycles. The SMILES string of the molecule is Cc1ccc(Oc2nc3cc(-c4ccc(-c5ccccc5)cc4)c(Cl)cc3[nH]2)cc1C. The molecule has 0 saturated carbocycles. The van der Waals surface area contributed by atoms with Crippen LogP contribution in [0.25, 0.3) is 33.3 Å². The van der Waals surface area contributed by atoms with Crippen LogP contribution in [0, 0.1) is 13.8 Å². The predicted octanol–water partition coefficient (Wildman–Crippen LogP) is 7.96. The molecule has 4 heteroatoms. The summed E-state index contributed by atoms with van der Waals surface area (Å²) >= 11 is 6.61. The van der Waals surface area contributed by atoms with E-state index in [4.69, 9.17) is 16.3 Å². The molecule has 0 spiro atoms. The Morgan fingerprint density at radius 3 is 2.19 bits per heavy atom. The summed E-state index contributed by atoms with van der Waals surface area (Å²) in [6.07, 6.45) is 0. The molecule has 0 unspecified atom stereocenters. The predicted molar refractivity (Wildman–Crippen MR) is 128 cm³/mol. The lowest BCUT2D eigenvalue weighted by molar-refractivity contribution is 0.449. The van der Waals surface area contributed by atoms with Gasteiger partial charge in [-0.05, 0) is 65.9 Å². The normalized spacial score (nSPS) is 11.1. The molecule has 0 amide bonds. The van der Waals surface area contributed by atoms with E-state index in [1.54, 1.807) is 0 Å². The second-order valence-electron chi connectivity index (χ2n) is 7.68. The Hall–Kier alpha value is -3.56. The molecule has 0 aliphatic rings. The van der Waals surface area contributed by atoms with Crippen molar-refractivity contribution in [2.24, 2.45) is 0 Å². The zero-order valence-corrected chi connectivity index (χ0v) is 18.1. The molecule has 1 N–H and O–H groups in total. The highest BCUT2D eigenvalue weighted by Gasteiger charge is 2.11. The summed E-state index contributed by atoms with van der Waals surface area (Å²) in [6, 6.07) is 29.1. The Labute approximate surface area is 186 Å². The minimum absolute atomic E-state index is 0.450. The zero-order valence-electron chi connectivity index (χ0n) is 17.3. The Bertz CT molecular complexity index is 1370. The first-order chi connectivity index (χ1) is 15.1. The van der Waals surface area contributed by atoms with E-state index < -0.39 is 0 Å². The maximum Gasteiger partial charge on any atom is 0.300 e. The molecule has 152 valence electrons. The molecule has 0 bridgehead atoms. The number of H-pyrrole nitrogens is 1. The number of aryl methyl sites for hydroxylation is 2. The van der Waals surface area contributed by atoms with Gasteiger partial charge >= 0.3 is 0 Å². The molecule has 31 heavy (non-hydrogen) atoms. The van der Waals surface area contributed by atoms with Crippen molar-refractivity contribution >= 4 is 22.6 Å². The third-order valence-corrected chi connectivity index (χ3v) is 5.86. The van der Waals surface area contributed by atoms with Crippen molar-refractivity contribution in [3.63, 3.8) is 0 Å². The van der Waals surface area contributed by atoms with Crippen molar-refractivity contribution in [2.45, 2.75) is 13.8 Å². The number of hydrogen-bond acceptors (Lipinski definition) is 2. The second-order valence-corrected chi connectivity index (χ2v) is 8.09. The van der Waals surface area contributed by atoms with Gasteiger partial charge in [-0.25, -0.2) is 0 Å². The van der Waals surface area contributed by atoms with E-state index in [-0.39, 0.29) is 0 Å². The topological polar surface area (TPSA) is 37.9 Å². The highest BCUT2D eigenvalue weighted by Crippen LogP contribution is 2.34. The Balaban J connectivity index is 1.46. The third kappa shape index (κ3) is 3.92. The lowest BCUT2D eigenvalue weighted by Crippen LogP contribution is -1.88. The summed E-state index contributed by atoms with van der Waals surface area (Å²) in [7, 11) is 0. The Kier molecular flexibility index (Phi) is 4.97. The van der Waals surface area contributed by atoms with E-state index in [9.17, 15) is 0 Å². The van der Waals surface area contributed by atoms with Crippen molar-refractivity contribution in [3.05, 3.63) is 101 Å². The van der Waals surface area contributed by atoms with Gasteiger partial charge in [-0.15, -0.1) is 0 Å². The molecule has 1 heterocycles. The van der Waals surface area contributed by atoms with Crippen LogP contribution in [-0.4, -0.2) is 9.97 Å². The molecule has 1 aromatic heterocycles. The lowest BCUT2D eigenvalue weighted by atomic mass is 10.00. The fraction of sp³-hybridized carbons (Fsp3) is 0.0741. The van der Waals surface area contributed by atoms with E-state index in [1.807, 2.05) is 48.5 Å². The number of hydrogen-bond donors (Lipinski definition) is 1. The molecule has 0 radical (unpaired) electrons. The van der Waals surface area contributed by atoms with Gasteiger partial charge < -0.3 is 9.72 Å². The van der Waals surface area contributed by atoms with Crippen LogP contribution in [0.4, 0.5) is 0 Å². The Morgan fingerprint density at radius 2 is 1.45 bits per heavy atom. The van der Waals surface area contributed by atoms with E-state index in [0.717, 1.165) is 27.9 Å². The number of nitrogens with one attached hydrogen (secondary N) is 1. The van der Waals surface area contributed by atoms with Crippen LogP contribution in [-0.2, 0) is 0 Å². The summed E-state index contributed by atoms with van der Waals surface area (Å²) in [4.78, 5) is 7.83. The maximum atomic E-state index is 6.61. The summed E-state index contributed by atoms with van der Waals surface area (Å²) in [6.45, 7) is 4.15. The van der Waals surface area contributed by atoms with Gasteiger partial charge in [-0.2, -0.15) is 4.98 Å². The molecular formula is C27H21ClN2O. The van der Waals surface area contributed by atoms with Gasteiger partial charge in [0.1, 0.15) is 5.75 Å². The molecule has 5 rings (SSSR count). The summed E-state index contributed by atoms with van der Waals surface area (Å²) < 4.78 is 5.94. The van der Waals surface area contributed by atoms with E-state index >= 15 is 0 Å². The minimum atomic E-state index is 0.450. The summed E-state index contributed by atoms with van der Waals surface area (Å²) in [5.41, 5.74) is 8.41. The first-order valence-electron chi connectivity index (χ1n) is 10.2. The zero-order chi connectivity index (χ0) is 21.4. The molecule has 0 aliphatic heterocycles. The van der Waals surface area contributed by atoms with Gasteiger partial charge in [0.05, 0.1) is 16.1 Å². The van der Waals surface area contributed by atoms with Crippen molar-refractivity contribution in [1.29, 1.82) is 0 Å². The third-order valence-electron chi connectivity index (χ3n) is 5.54. The lowest BCUT2D eigenvalue weighted by Gasteiger charge is -2.07. The first-order valence-corrected chi connectivity index (χ1v) is 10.5. The number of aromatic nitrogens is 2. The maximum absolute atomic E-state index is 6.61. The molecule has 4 aromatic carbocycles. The minimum Gasteiger partial charge on any atom is -0.426 e. The van der Waals surface area contributed by atoms with Crippen LogP contribution in [0.2, 0.25) is 5.02 Å². The first kappa shape index (κ1) is 19.4. The number of imidazole rings is 1. The number of benzene rings is 4. The van der Waals surface area contributed by atoms with Crippen LogP contribution in [0.5, 0.6) is 11.8 Å². The van der Waals surface area contributed by atoms with E-state index in [0.29, 0.717) is 11.0 Å². The van der Waals surface area contributed by atoms with Crippen LogP contribution < -0.4 is 4.74 Å². The quantitative estimate of drug-likeness (QED) is 0.317. The molecule has 0 fully saturated rings. The van der Waals surface area contributed by atoms with Crippen molar-refractivity contribution in [1.82, 2.24) is 9.97 Å². The van der Waals surface area contributed by atoms with Gasteiger partial charge in [0, 0.05) is 5.56 Å². The van der Waals surface area contributed by atoms with Crippen molar-refractivity contribution in [2.75, 3.05) is 0 Å². The molecule has 0 aliphatic carbocycles. The van der Waals surface area contributed by atoms with E-state index in [1.165, 1.54) is 22.3 Å². The average molecular weight is 425 g/mol. The van der Waals surface area contributed by atoms with Crippen LogP contribution in [0.3, 0.4) is 0 Å². The largest absolute Gasteiger partial charge is 0.426 e. The van der Waals surface area contributed by atoms with Crippen LogP contribution in [0.1, 0.15) is 11.1 Å². The fourth-order valence-electron chi connectivity index (χ4n) is 3.64. The highest BCUT2D eigenvalue weighted by atomic mass is 35.5. The molecular weight excluding hydrogens is 404 g/mol. The standard InChI is InChI=1S/C27H21ClN2O/c1-17-8-13-22(14-18(17)2)31-27-29-25-15-23(24(28)16-26(25)30-27)21-11-9-20(10-12-21)19-6-4-3-5-7-19/h3-16H,1-2H3,(H,29,30). The van der Waals surface area contributed by atoms with Gasteiger partial charge in [-0.3, -0.25) is 0 Å².